The first-order valence-corrected chi connectivity index (χ1v) is 8.58. The average molecular weight is 409 g/mol. The van der Waals surface area contributed by atoms with E-state index >= 15 is 0 Å². The van der Waals surface area contributed by atoms with Gasteiger partial charge in [0.1, 0.15) is 5.82 Å². The molecule has 0 N–H and O–H groups in total. The van der Waals surface area contributed by atoms with Crippen LogP contribution >= 0.6 is 11.6 Å². The second kappa shape index (κ2) is 7.77. The highest BCUT2D eigenvalue weighted by molar-refractivity contribution is 6.35. The molecule has 0 bridgehead atoms. The number of hydrogen-bond donors (Lipinski definition) is 0. The number of benzene rings is 2. The molecule has 1 amide bonds. The third-order valence-corrected chi connectivity index (χ3v) is 4.82. The van der Waals surface area contributed by atoms with Crippen LogP contribution in [0.25, 0.3) is 0 Å². The van der Waals surface area contributed by atoms with Gasteiger partial charge in [-0.1, -0.05) is 23.7 Å². The van der Waals surface area contributed by atoms with Gasteiger partial charge in [-0.25, -0.2) is 4.39 Å². The Morgan fingerprint density at radius 1 is 1.00 bits per heavy atom. The highest BCUT2D eigenvalue weighted by Gasteiger charge is 2.30. The highest BCUT2D eigenvalue weighted by atomic mass is 35.5. The van der Waals surface area contributed by atoms with Crippen LogP contribution in [0.3, 0.4) is 0 Å². The van der Waals surface area contributed by atoms with Crippen LogP contribution in [0.2, 0.25) is 5.02 Å². The molecule has 3 rings (SSSR count). The Morgan fingerprint density at radius 2 is 1.54 bits per heavy atom. The Labute approximate surface area is 163 Å². The van der Waals surface area contributed by atoms with Gasteiger partial charge in [0.2, 0.25) is 0 Å². The number of hydrogen-bond acceptors (Lipinski definition) is 6. The van der Waals surface area contributed by atoms with Gasteiger partial charge in [0.15, 0.2) is 5.02 Å². The van der Waals surface area contributed by atoms with E-state index in [1.165, 1.54) is 11.0 Å². The fraction of sp³-hybridized carbons (Fsp3) is 0.235. The van der Waals surface area contributed by atoms with Crippen molar-refractivity contribution >= 4 is 34.6 Å². The number of anilines is 1. The van der Waals surface area contributed by atoms with Crippen molar-refractivity contribution in [3.05, 3.63) is 73.0 Å². The smallest absolute Gasteiger partial charge is 0.295 e. The predicted molar refractivity (Wildman–Crippen MR) is 99.3 cm³/mol. The summed E-state index contributed by atoms with van der Waals surface area (Å²) in [6, 6.07) is 8.14. The molecule has 2 aromatic carbocycles. The molecule has 1 heterocycles. The normalized spacial score (nSPS) is 14.1. The Kier molecular flexibility index (Phi) is 5.41. The van der Waals surface area contributed by atoms with Gasteiger partial charge in [0, 0.05) is 38.3 Å². The molecule has 146 valence electrons. The molecule has 1 saturated heterocycles. The van der Waals surface area contributed by atoms with E-state index in [2.05, 4.69) is 0 Å². The van der Waals surface area contributed by atoms with Crippen molar-refractivity contribution in [2.24, 2.45) is 0 Å². The van der Waals surface area contributed by atoms with Gasteiger partial charge < -0.3 is 9.80 Å². The molecule has 0 saturated carbocycles. The fourth-order valence-electron chi connectivity index (χ4n) is 3.02. The number of nitro groups is 2. The summed E-state index contributed by atoms with van der Waals surface area (Å²) in [6.45, 7) is 1.17. The van der Waals surface area contributed by atoms with Gasteiger partial charge in [-0.05, 0) is 12.1 Å². The van der Waals surface area contributed by atoms with E-state index in [1.54, 1.807) is 23.1 Å². The summed E-state index contributed by atoms with van der Waals surface area (Å²) in [5.41, 5.74) is -1.18. The molecule has 2 aromatic rings. The Balaban J connectivity index is 1.81. The molecule has 0 unspecified atom stereocenters. The summed E-state index contributed by atoms with van der Waals surface area (Å²) in [7, 11) is 0. The summed E-state index contributed by atoms with van der Waals surface area (Å²) in [5.74, 6) is -0.956. The van der Waals surface area contributed by atoms with Gasteiger partial charge in [-0.15, -0.1) is 0 Å². The molecular formula is C17H14ClFN4O5. The number of nitrogens with zero attached hydrogens (tertiary/aromatic N) is 4. The van der Waals surface area contributed by atoms with E-state index in [0.29, 0.717) is 18.8 Å². The Morgan fingerprint density at radius 3 is 2.04 bits per heavy atom. The number of rotatable bonds is 4. The number of carbonyl (C=O) groups excluding carboxylic acids is 1. The number of nitro benzene ring substituents is 2. The summed E-state index contributed by atoms with van der Waals surface area (Å²) < 4.78 is 13.9. The minimum absolute atomic E-state index is 0.192. The van der Waals surface area contributed by atoms with E-state index in [1.807, 2.05) is 0 Å². The third-order valence-electron chi connectivity index (χ3n) is 4.43. The van der Waals surface area contributed by atoms with Crippen LogP contribution in [0, 0.1) is 26.0 Å². The first kappa shape index (κ1) is 19.5. The van der Waals surface area contributed by atoms with Gasteiger partial charge in [-0.2, -0.15) is 0 Å². The number of para-hydroxylation sites is 1. The van der Waals surface area contributed by atoms with Crippen molar-refractivity contribution in [3.8, 4) is 0 Å². The molecule has 0 spiro atoms. The van der Waals surface area contributed by atoms with Crippen LogP contribution in [0.4, 0.5) is 21.5 Å². The monoisotopic (exact) mass is 408 g/mol. The molecule has 1 aliphatic rings. The molecule has 0 atom stereocenters. The zero-order chi connectivity index (χ0) is 20.4. The van der Waals surface area contributed by atoms with Crippen LogP contribution in [0.1, 0.15) is 10.4 Å². The van der Waals surface area contributed by atoms with Crippen molar-refractivity contribution in [1.29, 1.82) is 0 Å². The zero-order valence-electron chi connectivity index (χ0n) is 14.4. The molecule has 0 aromatic heterocycles. The second-order valence-corrected chi connectivity index (χ2v) is 6.45. The van der Waals surface area contributed by atoms with Gasteiger partial charge >= 0.3 is 0 Å². The first-order valence-electron chi connectivity index (χ1n) is 8.20. The summed E-state index contributed by atoms with van der Waals surface area (Å²) in [6.07, 6.45) is 0. The topological polar surface area (TPSA) is 110 Å². The predicted octanol–water partition coefficient (Wildman–Crippen LogP) is 3.26. The summed E-state index contributed by atoms with van der Waals surface area (Å²) in [5, 5.41) is 21.6. The van der Waals surface area contributed by atoms with E-state index < -0.39 is 32.2 Å². The third kappa shape index (κ3) is 3.72. The lowest BCUT2D eigenvalue weighted by molar-refractivity contribution is -0.393. The SMILES string of the molecule is O=C(c1cc([N+](=O)[O-])c(Cl)c([N+](=O)[O-])c1)N1CCN(c2ccccc2F)CC1. The number of amides is 1. The molecule has 0 aliphatic carbocycles. The van der Waals surface area contributed by atoms with Crippen LogP contribution in [0.5, 0.6) is 0 Å². The van der Waals surface area contributed by atoms with Gasteiger partial charge in [0.05, 0.1) is 21.1 Å². The molecule has 28 heavy (non-hydrogen) atoms. The summed E-state index contributed by atoms with van der Waals surface area (Å²) >= 11 is 5.71. The van der Waals surface area contributed by atoms with Crippen LogP contribution < -0.4 is 4.90 Å². The maximum atomic E-state index is 13.9. The number of carbonyl (C=O) groups is 1. The standard InChI is InChI=1S/C17H14ClFN4O5/c18-16-14(22(25)26)9-11(10-15(16)23(27)28)17(24)21-7-5-20(6-8-21)13-4-2-1-3-12(13)19/h1-4,9-10H,5-8H2. The highest BCUT2D eigenvalue weighted by Crippen LogP contribution is 2.35. The Hall–Kier alpha value is -3.27. The molecule has 1 aliphatic heterocycles. The maximum absolute atomic E-state index is 13.9. The molecular weight excluding hydrogens is 395 g/mol. The van der Waals surface area contributed by atoms with Crippen molar-refractivity contribution in [2.45, 2.75) is 0 Å². The van der Waals surface area contributed by atoms with E-state index in [4.69, 9.17) is 11.6 Å². The first-order chi connectivity index (χ1) is 13.3. The lowest BCUT2D eigenvalue weighted by Gasteiger charge is -2.36. The molecule has 1 fully saturated rings. The lowest BCUT2D eigenvalue weighted by atomic mass is 10.1. The lowest BCUT2D eigenvalue weighted by Crippen LogP contribution is -2.49. The maximum Gasteiger partial charge on any atom is 0.295 e. The van der Waals surface area contributed by atoms with Crippen molar-refractivity contribution in [3.63, 3.8) is 0 Å². The minimum atomic E-state index is -0.873. The van der Waals surface area contributed by atoms with Crippen LogP contribution in [-0.2, 0) is 0 Å². The van der Waals surface area contributed by atoms with E-state index in [0.717, 1.165) is 12.1 Å². The zero-order valence-corrected chi connectivity index (χ0v) is 15.1. The van der Waals surface area contributed by atoms with Crippen molar-refractivity contribution in [2.75, 3.05) is 31.1 Å². The van der Waals surface area contributed by atoms with Crippen molar-refractivity contribution < 1.29 is 19.0 Å². The van der Waals surface area contributed by atoms with Gasteiger partial charge in [-0.3, -0.25) is 25.0 Å². The van der Waals surface area contributed by atoms with Gasteiger partial charge in [0.25, 0.3) is 17.3 Å². The van der Waals surface area contributed by atoms with Crippen LogP contribution in [0.15, 0.2) is 36.4 Å². The molecule has 9 nitrogen and oxygen atoms in total. The Bertz CT molecular complexity index is 927. The number of piperazine rings is 1. The van der Waals surface area contributed by atoms with Crippen LogP contribution in [-0.4, -0.2) is 46.8 Å². The van der Waals surface area contributed by atoms with E-state index in [9.17, 15) is 29.4 Å². The second-order valence-electron chi connectivity index (χ2n) is 6.07. The summed E-state index contributed by atoms with van der Waals surface area (Å²) in [4.78, 5) is 36.4. The minimum Gasteiger partial charge on any atom is -0.366 e. The van der Waals surface area contributed by atoms with Crippen molar-refractivity contribution in [1.82, 2.24) is 4.90 Å². The largest absolute Gasteiger partial charge is 0.366 e. The number of halogens is 2. The van der Waals surface area contributed by atoms with E-state index in [-0.39, 0.29) is 24.5 Å². The molecule has 11 heteroatoms. The fourth-order valence-corrected chi connectivity index (χ4v) is 3.27. The quantitative estimate of drug-likeness (QED) is 0.567. The average Bonchev–Trinajstić information content (AvgIpc) is 2.67. The molecule has 0 radical (unpaired) electrons.